The number of hydrogen-bond acceptors (Lipinski definition) is 3. The van der Waals surface area contributed by atoms with Crippen molar-refractivity contribution in [3.63, 3.8) is 0 Å². The maximum Gasteiger partial charge on any atom is 0.306 e. The highest BCUT2D eigenvalue weighted by Crippen LogP contribution is 2.48. The third kappa shape index (κ3) is 1.55. The van der Waals surface area contributed by atoms with Crippen LogP contribution >= 0.6 is 0 Å². The van der Waals surface area contributed by atoms with Crippen molar-refractivity contribution in [3.8, 4) is 0 Å². The SMILES string of the molecule is CC1=CC(=O)[C@H]2[C@@H]1[C@@H]1OC(=O)C[C@H]1CC[C@H]2C. The van der Waals surface area contributed by atoms with Crippen LogP contribution in [0.1, 0.15) is 33.1 Å². The Balaban J connectivity index is 1.98. The van der Waals surface area contributed by atoms with E-state index in [1.54, 1.807) is 6.08 Å². The molecule has 92 valence electrons. The number of carbonyl (C=O) groups is 2. The highest BCUT2D eigenvalue weighted by Gasteiger charge is 2.51. The summed E-state index contributed by atoms with van der Waals surface area (Å²) in [6, 6.07) is 0. The third-order valence-corrected chi connectivity index (χ3v) is 4.73. The zero-order chi connectivity index (χ0) is 12.2. The van der Waals surface area contributed by atoms with E-state index in [1.165, 1.54) is 0 Å². The van der Waals surface area contributed by atoms with Crippen LogP contribution in [0.2, 0.25) is 0 Å². The minimum atomic E-state index is -0.0829. The van der Waals surface area contributed by atoms with Crippen molar-refractivity contribution in [3.05, 3.63) is 11.6 Å². The molecule has 0 N–H and O–H groups in total. The Labute approximate surface area is 101 Å². The average molecular weight is 234 g/mol. The molecule has 0 spiro atoms. The fraction of sp³-hybridized carbons (Fsp3) is 0.714. The lowest BCUT2D eigenvalue weighted by Crippen LogP contribution is -2.33. The maximum absolute atomic E-state index is 12.0. The molecule has 1 heterocycles. The van der Waals surface area contributed by atoms with Gasteiger partial charge in [0.15, 0.2) is 5.78 Å². The molecule has 0 amide bonds. The molecular formula is C14H18O3. The van der Waals surface area contributed by atoms with E-state index in [0.29, 0.717) is 18.3 Å². The van der Waals surface area contributed by atoms with Crippen LogP contribution in [0.4, 0.5) is 0 Å². The summed E-state index contributed by atoms with van der Waals surface area (Å²) in [4.78, 5) is 23.5. The van der Waals surface area contributed by atoms with E-state index in [4.69, 9.17) is 4.74 Å². The molecule has 1 saturated heterocycles. The van der Waals surface area contributed by atoms with Gasteiger partial charge in [0.05, 0.1) is 6.42 Å². The molecule has 3 rings (SSSR count). The zero-order valence-corrected chi connectivity index (χ0v) is 10.3. The topological polar surface area (TPSA) is 43.4 Å². The second kappa shape index (κ2) is 3.69. The molecule has 0 aromatic rings. The Hall–Kier alpha value is -1.12. The quantitative estimate of drug-likeness (QED) is 0.603. The van der Waals surface area contributed by atoms with Crippen molar-refractivity contribution < 1.29 is 14.3 Å². The minimum absolute atomic E-state index is 0.0415. The van der Waals surface area contributed by atoms with Crippen LogP contribution in [0.5, 0.6) is 0 Å². The molecule has 5 atom stereocenters. The molecule has 2 fully saturated rings. The van der Waals surface area contributed by atoms with E-state index in [1.807, 2.05) is 6.92 Å². The van der Waals surface area contributed by atoms with Crippen molar-refractivity contribution in [1.82, 2.24) is 0 Å². The van der Waals surface area contributed by atoms with Crippen LogP contribution in [-0.4, -0.2) is 17.9 Å². The number of rotatable bonds is 0. The number of ether oxygens (including phenoxy) is 1. The summed E-state index contributed by atoms with van der Waals surface area (Å²) in [7, 11) is 0. The highest BCUT2D eigenvalue weighted by atomic mass is 16.6. The second-order valence-electron chi connectivity index (χ2n) is 5.82. The average Bonchev–Trinajstić information content (AvgIpc) is 2.71. The van der Waals surface area contributed by atoms with Crippen molar-refractivity contribution in [2.75, 3.05) is 0 Å². The van der Waals surface area contributed by atoms with Gasteiger partial charge in [-0.25, -0.2) is 0 Å². The predicted octanol–water partition coefficient (Wildman–Crippen LogP) is 2.11. The Morgan fingerprint density at radius 3 is 2.76 bits per heavy atom. The molecule has 0 aromatic heterocycles. The molecule has 1 aliphatic heterocycles. The highest BCUT2D eigenvalue weighted by molar-refractivity contribution is 5.96. The molecule has 1 saturated carbocycles. The first-order valence-electron chi connectivity index (χ1n) is 6.49. The minimum Gasteiger partial charge on any atom is -0.461 e. The van der Waals surface area contributed by atoms with Crippen molar-refractivity contribution >= 4 is 11.8 Å². The van der Waals surface area contributed by atoms with Crippen molar-refractivity contribution in [1.29, 1.82) is 0 Å². The van der Waals surface area contributed by atoms with Gasteiger partial charge in [-0.15, -0.1) is 0 Å². The van der Waals surface area contributed by atoms with Gasteiger partial charge < -0.3 is 4.74 Å². The fourth-order valence-electron chi connectivity index (χ4n) is 3.89. The summed E-state index contributed by atoms with van der Waals surface area (Å²) in [5.41, 5.74) is 1.11. The van der Waals surface area contributed by atoms with E-state index in [0.717, 1.165) is 18.4 Å². The predicted molar refractivity (Wildman–Crippen MR) is 62.1 cm³/mol. The van der Waals surface area contributed by atoms with Crippen LogP contribution in [0.15, 0.2) is 11.6 Å². The summed E-state index contributed by atoms with van der Waals surface area (Å²) >= 11 is 0. The van der Waals surface area contributed by atoms with Crippen LogP contribution in [0.25, 0.3) is 0 Å². The molecule has 2 aliphatic carbocycles. The smallest absolute Gasteiger partial charge is 0.306 e. The normalized spacial score (nSPS) is 44.8. The Morgan fingerprint density at radius 1 is 1.24 bits per heavy atom. The van der Waals surface area contributed by atoms with Gasteiger partial charge in [-0.1, -0.05) is 12.5 Å². The molecule has 0 radical (unpaired) electrons. The lowest BCUT2D eigenvalue weighted by atomic mass is 9.79. The van der Waals surface area contributed by atoms with E-state index in [9.17, 15) is 9.59 Å². The van der Waals surface area contributed by atoms with E-state index in [-0.39, 0.29) is 29.7 Å². The number of esters is 1. The summed E-state index contributed by atoms with van der Waals surface area (Å²) in [6.07, 6.45) is 4.32. The standard InChI is InChI=1S/C14H18O3/c1-7-3-4-9-6-11(16)17-14(9)13-8(2)5-10(15)12(7)13/h5,7,9,12-14H,3-4,6H2,1-2H3/t7-,9-,12+,13-,14-/m1/s1. The second-order valence-corrected chi connectivity index (χ2v) is 5.82. The number of hydrogen-bond donors (Lipinski definition) is 0. The number of allylic oxidation sites excluding steroid dienone is 1. The molecule has 3 nitrogen and oxygen atoms in total. The van der Waals surface area contributed by atoms with Gasteiger partial charge in [0.2, 0.25) is 0 Å². The maximum atomic E-state index is 12.0. The van der Waals surface area contributed by atoms with Gasteiger partial charge in [-0.3, -0.25) is 9.59 Å². The molecule has 0 bridgehead atoms. The van der Waals surface area contributed by atoms with Gasteiger partial charge in [-0.2, -0.15) is 0 Å². The number of carbonyl (C=O) groups excluding carboxylic acids is 2. The third-order valence-electron chi connectivity index (χ3n) is 4.73. The van der Waals surface area contributed by atoms with Crippen LogP contribution in [-0.2, 0) is 14.3 Å². The molecule has 0 unspecified atom stereocenters. The fourth-order valence-corrected chi connectivity index (χ4v) is 3.89. The number of ketones is 1. The molecule has 3 aliphatic rings. The van der Waals surface area contributed by atoms with E-state index >= 15 is 0 Å². The summed E-state index contributed by atoms with van der Waals surface area (Å²) in [5.74, 6) is 1.09. The van der Waals surface area contributed by atoms with Crippen molar-refractivity contribution in [2.45, 2.75) is 39.2 Å². The lowest BCUT2D eigenvalue weighted by Gasteiger charge is -2.27. The molecule has 17 heavy (non-hydrogen) atoms. The van der Waals surface area contributed by atoms with Gasteiger partial charge in [0.25, 0.3) is 0 Å². The Bertz CT molecular complexity index is 410. The van der Waals surface area contributed by atoms with Crippen LogP contribution < -0.4 is 0 Å². The summed E-state index contributed by atoms with van der Waals surface area (Å²) in [6.45, 7) is 4.16. The van der Waals surface area contributed by atoms with Gasteiger partial charge in [-0.05, 0) is 31.8 Å². The molecular weight excluding hydrogens is 216 g/mol. The lowest BCUT2D eigenvalue weighted by molar-refractivity contribution is -0.144. The summed E-state index contributed by atoms with van der Waals surface area (Å²) in [5, 5.41) is 0. The van der Waals surface area contributed by atoms with Crippen LogP contribution in [0.3, 0.4) is 0 Å². The van der Waals surface area contributed by atoms with Crippen molar-refractivity contribution in [2.24, 2.45) is 23.7 Å². The van der Waals surface area contributed by atoms with Gasteiger partial charge in [0, 0.05) is 17.8 Å². The largest absolute Gasteiger partial charge is 0.461 e. The molecule has 3 heteroatoms. The van der Waals surface area contributed by atoms with E-state index in [2.05, 4.69) is 6.92 Å². The Kier molecular flexibility index (Phi) is 2.39. The van der Waals surface area contributed by atoms with Gasteiger partial charge >= 0.3 is 5.97 Å². The first-order valence-corrected chi connectivity index (χ1v) is 6.49. The molecule has 0 aromatic carbocycles. The van der Waals surface area contributed by atoms with E-state index < -0.39 is 0 Å². The zero-order valence-electron chi connectivity index (χ0n) is 10.3. The number of fused-ring (bicyclic) bond motifs is 3. The first-order chi connectivity index (χ1) is 8.08. The Morgan fingerprint density at radius 2 is 2.00 bits per heavy atom. The van der Waals surface area contributed by atoms with Crippen LogP contribution in [0, 0.1) is 23.7 Å². The summed E-state index contributed by atoms with van der Waals surface area (Å²) < 4.78 is 5.49. The first kappa shape index (κ1) is 11.0. The monoisotopic (exact) mass is 234 g/mol. The van der Waals surface area contributed by atoms with Gasteiger partial charge in [0.1, 0.15) is 6.10 Å².